The number of methoxy groups -OCH3 is 1. The van der Waals surface area contributed by atoms with Gasteiger partial charge in [0.25, 0.3) is 0 Å². The number of hydrogen-bond acceptors (Lipinski definition) is 4. The number of esters is 1. The topological polar surface area (TPSA) is 32.8 Å². The van der Waals surface area contributed by atoms with Crippen molar-refractivity contribution in [3.63, 3.8) is 0 Å². The molecule has 0 N–H and O–H groups in total. The largest absolute Gasteiger partial charge is 0.469 e. The highest BCUT2D eigenvalue weighted by atomic mass is 16.5. The normalized spacial score (nSPS) is 18.2. The van der Waals surface area contributed by atoms with Crippen molar-refractivity contribution in [1.29, 1.82) is 0 Å². The highest BCUT2D eigenvalue weighted by molar-refractivity contribution is 5.69. The highest BCUT2D eigenvalue weighted by Gasteiger charge is 2.39. The molecule has 0 saturated heterocycles. The van der Waals surface area contributed by atoms with Gasteiger partial charge in [0.05, 0.1) is 7.11 Å². The molecule has 1 fully saturated rings. The fourth-order valence-electron chi connectivity index (χ4n) is 2.51. The molecule has 0 spiro atoms. The lowest BCUT2D eigenvalue weighted by Gasteiger charge is -2.49. The van der Waals surface area contributed by atoms with Crippen LogP contribution in [0.15, 0.2) is 0 Å². The van der Waals surface area contributed by atoms with E-state index in [4.69, 9.17) is 0 Å². The molecule has 0 amide bonds. The standard InChI is InChI=1S/C13H26N2O2/c1-14(2)13(8-6-9-13)11-15(3)10-5-7-12(16)17-4/h5-11H2,1-4H3. The van der Waals surface area contributed by atoms with E-state index in [1.807, 2.05) is 0 Å². The maximum absolute atomic E-state index is 11.0. The molecule has 1 aliphatic carbocycles. The van der Waals surface area contributed by atoms with Gasteiger partial charge in [-0.25, -0.2) is 0 Å². The molecule has 4 nitrogen and oxygen atoms in total. The Morgan fingerprint density at radius 2 is 1.94 bits per heavy atom. The van der Waals surface area contributed by atoms with E-state index in [1.165, 1.54) is 26.4 Å². The Morgan fingerprint density at radius 3 is 2.35 bits per heavy atom. The smallest absolute Gasteiger partial charge is 0.305 e. The molecule has 0 atom stereocenters. The van der Waals surface area contributed by atoms with Crippen LogP contribution in [0.25, 0.3) is 0 Å². The van der Waals surface area contributed by atoms with Crippen LogP contribution in [0.1, 0.15) is 32.1 Å². The Morgan fingerprint density at radius 1 is 1.29 bits per heavy atom. The molecule has 17 heavy (non-hydrogen) atoms. The van der Waals surface area contributed by atoms with Crippen molar-refractivity contribution in [3.8, 4) is 0 Å². The number of nitrogens with zero attached hydrogens (tertiary/aromatic N) is 2. The van der Waals surface area contributed by atoms with Crippen molar-refractivity contribution in [2.75, 3.05) is 41.3 Å². The number of carbonyl (C=O) groups excluding carboxylic acids is 1. The van der Waals surface area contributed by atoms with Gasteiger partial charge in [-0.05, 0) is 53.4 Å². The predicted octanol–water partition coefficient (Wildman–Crippen LogP) is 1.36. The molecule has 0 aromatic rings. The van der Waals surface area contributed by atoms with Gasteiger partial charge in [0.15, 0.2) is 0 Å². The van der Waals surface area contributed by atoms with Gasteiger partial charge in [-0.3, -0.25) is 4.79 Å². The molecule has 0 unspecified atom stereocenters. The lowest BCUT2D eigenvalue weighted by atomic mass is 9.75. The van der Waals surface area contributed by atoms with Crippen molar-refractivity contribution in [2.24, 2.45) is 0 Å². The number of rotatable bonds is 7. The maximum Gasteiger partial charge on any atom is 0.305 e. The second-order valence-electron chi connectivity index (χ2n) is 5.39. The Hall–Kier alpha value is -0.610. The van der Waals surface area contributed by atoms with Crippen LogP contribution in [0.3, 0.4) is 0 Å². The van der Waals surface area contributed by atoms with Crippen molar-refractivity contribution >= 4 is 5.97 Å². The van der Waals surface area contributed by atoms with Crippen LogP contribution in [0, 0.1) is 0 Å². The van der Waals surface area contributed by atoms with E-state index in [-0.39, 0.29) is 5.97 Å². The van der Waals surface area contributed by atoms with E-state index in [1.54, 1.807) is 0 Å². The molecule has 1 rings (SSSR count). The third kappa shape index (κ3) is 3.96. The van der Waals surface area contributed by atoms with Gasteiger partial charge in [-0.2, -0.15) is 0 Å². The minimum absolute atomic E-state index is 0.107. The van der Waals surface area contributed by atoms with Crippen LogP contribution in [0.5, 0.6) is 0 Å². The quantitative estimate of drug-likeness (QED) is 0.631. The van der Waals surface area contributed by atoms with Gasteiger partial charge in [0.2, 0.25) is 0 Å². The third-order valence-electron chi connectivity index (χ3n) is 3.95. The van der Waals surface area contributed by atoms with Crippen LogP contribution in [0.2, 0.25) is 0 Å². The second kappa shape index (κ2) is 6.36. The van der Waals surface area contributed by atoms with Crippen LogP contribution >= 0.6 is 0 Å². The van der Waals surface area contributed by atoms with E-state index in [0.29, 0.717) is 12.0 Å². The van der Waals surface area contributed by atoms with Gasteiger partial charge in [-0.1, -0.05) is 0 Å². The number of hydrogen-bond donors (Lipinski definition) is 0. The SMILES string of the molecule is COC(=O)CCCN(C)CC1(N(C)C)CCC1. The van der Waals surface area contributed by atoms with E-state index in [2.05, 4.69) is 35.7 Å². The molecule has 0 aromatic heterocycles. The van der Waals surface area contributed by atoms with Crippen molar-refractivity contribution < 1.29 is 9.53 Å². The summed E-state index contributed by atoms with van der Waals surface area (Å²) in [5.41, 5.74) is 0.375. The molecule has 1 saturated carbocycles. The van der Waals surface area contributed by atoms with E-state index in [0.717, 1.165) is 19.5 Å². The zero-order valence-electron chi connectivity index (χ0n) is 11.7. The summed E-state index contributed by atoms with van der Waals surface area (Å²) in [6.45, 7) is 2.06. The summed E-state index contributed by atoms with van der Waals surface area (Å²) >= 11 is 0. The fraction of sp³-hybridized carbons (Fsp3) is 0.923. The van der Waals surface area contributed by atoms with Gasteiger partial charge in [0.1, 0.15) is 0 Å². The molecule has 100 valence electrons. The zero-order valence-corrected chi connectivity index (χ0v) is 11.7. The molecule has 0 bridgehead atoms. The summed E-state index contributed by atoms with van der Waals surface area (Å²) in [6.07, 6.45) is 5.33. The summed E-state index contributed by atoms with van der Waals surface area (Å²) in [5.74, 6) is -0.107. The van der Waals surface area contributed by atoms with Crippen molar-refractivity contribution in [2.45, 2.75) is 37.6 Å². The van der Waals surface area contributed by atoms with Gasteiger partial charge in [-0.15, -0.1) is 0 Å². The molecular weight excluding hydrogens is 216 g/mol. The minimum Gasteiger partial charge on any atom is -0.469 e. The molecular formula is C13H26N2O2. The Bertz CT molecular complexity index is 250. The summed E-state index contributed by atoms with van der Waals surface area (Å²) in [6, 6.07) is 0. The first kappa shape index (κ1) is 14.5. The number of carbonyl (C=O) groups is 1. The summed E-state index contributed by atoms with van der Waals surface area (Å²) in [4.78, 5) is 15.7. The number of likely N-dealkylation sites (N-methyl/N-ethyl adjacent to an activating group) is 2. The summed E-state index contributed by atoms with van der Waals surface area (Å²) in [5, 5.41) is 0. The Labute approximate surface area is 105 Å². The van der Waals surface area contributed by atoms with Crippen molar-refractivity contribution in [3.05, 3.63) is 0 Å². The second-order valence-corrected chi connectivity index (χ2v) is 5.39. The van der Waals surface area contributed by atoms with Crippen LogP contribution in [-0.4, -0.2) is 62.7 Å². The first-order chi connectivity index (χ1) is 8.00. The monoisotopic (exact) mass is 242 g/mol. The van der Waals surface area contributed by atoms with Gasteiger partial charge >= 0.3 is 5.97 Å². The molecule has 0 heterocycles. The minimum atomic E-state index is -0.107. The first-order valence-electron chi connectivity index (χ1n) is 6.43. The molecule has 0 aliphatic heterocycles. The fourth-order valence-corrected chi connectivity index (χ4v) is 2.51. The van der Waals surface area contributed by atoms with E-state index in [9.17, 15) is 4.79 Å². The number of ether oxygens (including phenoxy) is 1. The lowest BCUT2D eigenvalue weighted by molar-refractivity contribution is -0.140. The van der Waals surface area contributed by atoms with E-state index >= 15 is 0 Å². The van der Waals surface area contributed by atoms with Crippen molar-refractivity contribution in [1.82, 2.24) is 9.80 Å². The average molecular weight is 242 g/mol. The van der Waals surface area contributed by atoms with Crippen LogP contribution < -0.4 is 0 Å². The molecule has 0 aromatic carbocycles. The summed E-state index contributed by atoms with van der Waals surface area (Å²) in [7, 11) is 7.92. The third-order valence-corrected chi connectivity index (χ3v) is 3.95. The maximum atomic E-state index is 11.0. The zero-order chi connectivity index (χ0) is 12.9. The Kier molecular flexibility index (Phi) is 5.40. The van der Waals surface area contributed by atoms with Gasteiger partial charge < -0.3 is 14.5 Å². The predicted molar refractivity (Wildman–Crippen MR) is 69.0 cm³/mol. The first-order valence-corrected chi connectivity index (χ1v) is 6.43. The van der Waals surface area contributed by atoms with Gasteiger partial charge in [0, 0.05) is 18.5 Å². The highest BCUT2D eigenvalue weighted by Crippen LogP contribution is 2.36. The molecule has 0 radical (unpaired) electrons. The van der Waals surface area contributed by atoms with Crippen LogP contribution in [0.4, 0.5) is 0 Å². The molecule has 4 heteroatoms. The van der Waals surface area contributed by atoms with E-state index < -0.39 is 0 Å². The average Bonchev–Trinajstić information content (AvgIpc) is 2.22. The lowest BCUT2D eigenvalue weighted by Crippen LogP contribution is -2.56. The van der Waals surface area contributed by atoms with Crippen LogP contribution in [-0.2, 0) is 9.53 Å². The molecule has 1 aliphatic rings. The Balaban J connectivity index is 2.24. The summed E-state index contributed by atoms with van der Waals surface area (Å²) < 4.78 is 4.64.